The number of benzene rings is 1. The zero-order valence-corrected chi connectivity index (χ0v) is 16.3. The van der Waals surface area contributed by atoms with Gasteiger partial charge in [0, 0.05) is 42.9 Å². The molecule has 3 heterocycles. The molecule has 3 aromatic rings. The average molecular weight is 362 g/mol. The van der Waals surface area contributed by atoms with Gasteiger partial charge in [-0.2, -0.15) is 5.10 Å². The Kier molecular flexibility index (Phi) is 4.68. The smallest absolute Gasteiger partial charge is 0.222 e. The van der Waals surface area contributed by atoms with E-state index in [2.05, 4.69) is 41.3 Å². The van der Waals surface area contributed by atoms with Gasteiger partial charge in [-0.3, -0.25) is 4.79 Å². The standard InChI is InChI=1S/C22H26N4O/c1-15-13-21-23-16(2)20(17(3)26(21)24-15)9-10-22(27)25-12-11-19(14-25)18-7-5-4-6-8-18/h4-8,13,19H,9-12,14H2,1-3H3/t19-/m1/s1. The molecule has 0 aliphatic carbocycles. The summed E-state index contributed by atoms with van der Waals surface area (Å²) in [5.74, 6) is 0.702. The van der Waals surface area contributed by atoms with Crippen molar-refractivity contribution in [3.8, 4) is 0 Å². The third-order valence-corrected chi connectivity index (χ3v) is 5.69. The van der Waals surface area contributed by atoms with Crippen LogP contribution in [0.3, 0.4) is 0 Å². The van der Waals surface area contributed by atoms with E-state index < -0.39 is 0 Å². The molecular weight excluding hydrogens is 336 g/mol. The highest BCUT2D eigenvalue weighted by Crippen LogP contribution is 2.27. The molecule has 0 N–H and O–H groups in total. The number of hydrogen-bond donors (Lipinski definition) is 0. The Bertz CT molecular complexity index is 977. The van der Waals surface area contributed by atoms with Crippen LogP contribution in [-0.2, 0) is 11.2 Å². The average Bonchev–Trinajstić information content (AvgIpc) is 3.29. The molecule has 1 aliphatic heterocycles. The van der Waals surface area contributed by atoms with Gasteiger partial charge in [0.2, 0.25) is 5.91 Å². The van der Waals surface area contributed by atoms with E-state index in [0.717, 1.165) is 47.8 Å². The molecule has 0 bridgehead atoms. The van der Waals surface area contributed by atoms with Gasteiger partial charge in [-0.05, 0) is 44.7 Å². The molecule has 5 heteroatoms. The fourth-order valence-electron chi connectivity index (χ4n) is 4.18. The van der Waals surface area contributed by atoms with Gasteiger partial charge in [-0.15, -0.1) is 0 Å². The predicted molar refractivity (Wildman–Crippen MR) is 106 cm³/mol. The molecule has 0 saturated carbocycles. The largest absolute Gasteiger partial charge is 0.342 e. The Morgan fingerprint density at radius 3 is 2.74 bits per heavy atom. The molecular formula is C22H26N4O. The van der Waals surface area contributed by atoms with E-state index in [-0.39, 0.29) is 5.91 Å². The van der Waals surface area contributed by atoms with Crippen LogP contribution in [0.15, 0.2) is 36.4 Å². The Hall–Kier alpha value is -2.69. The Morgan fingerprint density at radius 2 is 1.96 bits per heavy atom. The number of hydrogen-bond acceptors (Lipinski definition) is 3. The Labute approximate surface area is 160 Å². The van der Waals surface area contributed by atoms with Gasteiger partial charge in [0.15, 0.2) is 5.65 Å². The fraction of sp³-hybridized carbons (Fsp3) is 0.409. The molecule has 1 amide bonds. The van der Waals surface area contributed by atoms with E-state index >= 15 is 0 Å². The maximum Gasteiger partial charge on any atom is 0.222 e. The van der Waals surface area contributed by atoms with E-state index in [1.54, 1.807) is 0 Å². The van der Waals surface area contributed by atoms with Crippen LogP contribution in [0, 0.1) is 20.8 Å². The number of aryl methyl sites for hydroxylation is 3. The normalized spacial score (nSPS) is 17.0. The lowest BCUT2D eigenvalue weighted by Crippen LogP contribution is -2.28. The maximum absolute atomic E-state index is 12.8. The quantitative estimate of drug-likeness (QED) is 0.712. The van der Waals surface area contributed by atoms with Crippen molar-refractivity contribution in [2.24, 2.45) is 0 Å². The summed E-state index contributed by atoms with van der Waals surface area (Å²) in [7, 11) is 0. The number of likely N-dealkylation sites (tertiary alicyclic amines) is 1. The second-order valence-electron chi connectivity index (χ2n) is 7.55. The molecule has 2 aromatic heterocycles. The van der Waals surface area contributed by atoms with E-state index in [9.17, 15) is 4.79 Å². The van der Waals surface area contributed by atoms with Crippen molar-refractivity contribution < 1.29 is 4.79 Å². The molecule has 0 unspecified atom stereocenters. The summed E-state index contributed by atoms with van der Waals surface area (Å²) in [6.45, 7) is 7.75. The molecule has 0 spiro atoms. The van der Waals surface area contributed by atoms with E-state index in [1.165, 1.54) is 5.56 Å². The number of aromatic nitrogens is 3. The zero-order valence-electron chi connectivity index (χ0n) is 16.3. The second kappa shape index (κ2) is 7.14. The van der Waals surface area contributed by atoms with Gasteiger partial charge in [0.05, 0.1) is 5.69 Å². The summed E-state index contributed by atoms with van der Waals surface area (Å²) in [5, 5.41) is 4.52. The second-order valence-corrected chi connectivity index (χ2v) is 7.55. The van der Waals surface area contributed by atoms with Gasteiger partial charge >= 0.3 is 0 Å². The van der Waals surface area contributed by atoms with Crippen LogP contribution < -0.4 is 0 Å². The van der Waals surface area contributed by atoms with Crippen molar-refractivity contribution in [3.05, 3.63) is 64.6 Å². The van der Waals surface area contributed by atoms with Crippen LogP contribution in [-0.4, -0.2) is 38.5 Å². The van der Waals surface area contributed by atoms with Crippen LogP contribution in [0.1, 0.15) is 47.0 Å². The topological polar surface area (TPSA) is 50.5 Å². The number of fused-ring (bicyclic) bond motifs is 1. The summed E-state index contributed by atoms with van der Waals surface area (Å²) in [6.07, 6.45) is 2.29. The lowest BCUT2D eigenvalue weighted by molar-refractivity contribution is -0.130. The van der Waals surface area contributed by atoms with Crippen LogP contribution in [0.4, 0.5) is 0 Å². The molecule has 5 nitrogen and oxygen atoms in total. The highest BCUT2D eigenvalue weighted by molar-refractivity contribution is 5.77. The van der Waals surface area contributed by atoms with Crippen molar-refractivity contribution >= 4 is 11.6 Å². The molecule has 1 fully saturated rings. The molecule has 1 aromatic carbocycles. The molecule has 27 heavy (non-hydrogen) atoms. The molecule has 140 valence electrons. The predicted octanol–water partition coefficient (Wildman–Crippen LogP) is 3.60. The molecule has 1 aliphatic rings. The lowest BCUT2D eigenvalue weighted by Gasteiger charge is -2.18. The molecule has 1 saturated heterocycles. The van der Waals surface area contributed by atoms with Crippen molar-refractivity contribution in [1.29, 1.82) is 0 Å². The summed E-state index contributed by atoms with van der Waals surface area (Å²) < 4.78 is 1.89. The third kappa shape index (κ3) is 3.46. The number of carbonyl (C=O) groups excluding carboxylic acids is 1. The highest BCUT2D eigenvalue weighted by atomic mass is 16.2. The summed E-state index contributed by atoms with van der Waals surface area (Å²) in [6, 6.07) is 12.5. The van der Waals surface area contributed by atoms with E-state index in [4.69, 9.17) is 0 Å². The first-order chi connectivity index (χ1) is 13.0. The third-order valence-electron chi connectivity index (χ3n) is 5.69. The molecule has 1 atom stereocenters. The monoisotopic (exact) mass is 362 g/mol. The number of rotatable bonds is 4. The minimum absolute atomic E-state index is 0.240. The summed E-state index contributed by atoms with van der Waals surface area (Å²) in [4.78, 5) is 19.4. The van der Waals surface area contributed by atoms with Crippen LogP contribution >= 0.6 is 0 Å². The van der Waals surface area contributed by atoms with Gasteiger partial charge in [-0.25, -0.2) is 9.50 Å². The van der Waals surface area contributed by atoms with Crippen molar-refractivity contribution in [1.82, 2.24) is 19.5 Å². The van der Waals surface area contributed by atoms with Gasteiger partial charge in [-0.1, -0.05) is 30.3 Å². The Morgan fingerprint density at radius 1 is 1.19 bits per heavy atom. The van der Waals surface area contributed by atoms with Crippen LogP contribution in [0.2, 0.25) is 0 Å². The minimum Gasteiger partial charge on any atom is -0.342 e. The Balaban J connectivity index is 1.43. The first kappa shape index (κ1) is 17.7. The van der Waals surface area contributed by atoms with E-state index in [0.29, 0.717) is 18.8 Å². The SMILES string of the molecule is Cc1cc2nc(C)c(CCC(=O)N3CC[C@@H](c4ccccc4)C3)c(C)n2n1. The lowest BCUT2D eigenvalue weighted by atomic mass is 9.99. The van der Waals surface area contributed by atoms with Gasteiger partial charge in [0.1, 0.15) is 0 Å². The highest BCUT2D eigenvalue weighted by Gasteiger charge is 2.27. The van der Waals surface area contributed by atoms with Crippen LogP contribution in [0.25, 0.3) is 5.65 Å². The van der Waals surface area contributed by atoms with Crippen molar-refractivity contribution in [2.45, 2.75) is 46.0 Å². The van der Waals surface area contributed by atoms with Crippen molar-refractivity contribution in [2.75, 3.05) is 13.1 Å². The molecule has 0 radical (unpaired) electrons. The van der Waals surface area contributed by atoms with Crippen molar-refractivity contribution in [3.63, 3.8) is 0 Å². The van der Waals surface area contributed by atoms with Crippen LogP contribution in [0.5, 0.6) is 0 Å². The maximum atomic E-state index is 12.8. The van der Waals surface area contributed by atoms with Gasteiger partial charge < -0.3 is 4.90 Å². The fourth-order valence-corrected chi connectivity index (χ4v) is 4.18. The molecule has 4 rings (SSSR count). The minimum atomic E-state index is 0.240. The first-order valence-corrected chi connectivity index (χ1v) is 9.68. The summed E-state index contributed by atoms with van der Waals surface area (Å²) in [5.41, 5.74) is 6.39. The van der Waals surface area contributed by atoms with Gasteiger partial charge in [0.25, 0.3) is 0 Å². The zero-order chi connectivity index (χ0) is 19.0. The number of nitrogens with zero attached hydrogens (tertiary/aromatic N) is 4. The first-order valence-electron chi connectivity index (χ1n) is 9.68. The van der Waals surface area contributed by atoms with E-state index in [1.807, 2.05) is 35.4 Å². The number of carbonyl (C=O) groups is 1. The summed E-state index contributed by atoms with van der Waals surface area (Å²) >= 11 is 0. The number of amides is 1.